The lowest BCUT2D eigenvalue weighted by Crippen LogP contribution is -2.25. The molecule has 0 saturated heterocycles. The van der Waals surface area contributed by atoms with Gasteiger partial charge in [0.2, 0.25) is 0 Å². The SMILES string of the molecule is COC(=O)CNCCc1ccc(F)c(Cl)c1. The van der Waals surface area contributed by atoms with Crippen LogP contribution >= 0.6 is 11.6 Å². The number of hydrogen-bond acceptors (Lipinski definition) is 3. The minimum absolute atomic E-state index is 0.116. The van der Waals surface area contributed by atoms with Crippen molar-refractivity contribution < 1.29 is 13.9 Å². The Morgan fingerprint density at radius 1 is 1.56 bits per heavy atom. The molecule has 0 spiro atoms. The second kappa shape index (κ2) is 6.45. The first kappa shape index (κ1) is 12.9. The summed E-state index contributed by atoms with van der Waals surface area (Å²) in [5.41, 5.74) is 0.920. The predicted octanol–water partition coefficient (Wildman–Crippen LogP) is 1.78. The van der Waals surface area contributed by atoms with Gasteiger partial charge in [0.25, 0.3) is 0 Å². The lowest BCUT2D eigenvalue weighted by molar-refractivity contribution is -0.139. The standard InChI is InChI=1S/C11H13ClFNO2/c1-16-11(15)7-14-5-4-8-2-3-10(13)9(12)6-8/h2-3,6,14H,4-5,7H2,1H3. The van der Waals surface area contributed by atoms with Crippen molar-refractivity contribution >= 4 is 17.6 Å². The maximum Gasteiger partial charge on any atom is 0.319 e. The molecule has 0 aromatic heterocycles. The van der Waals surface area contributed by atoms with Crippen LogP contribution in [-0.2, 0) is 16.0 Å². The van der Waals surface area contributed by atoms with Crippen LogP contribution in [0.4, 0.5) is 4.39 Å². The number of halogens is 2. The molecule has 0 aliphatic carbocycles. The summed E-state index contributed by atoms with van der Waals surface area (Å²) in [4.78, 5) is 10.8. The number of rotatable bonds is 5. The number of nitrogens with one attached hydrogen (secondary N) is 1. The van der Waals surface area contributed by atoms with Crippen molar-refractivity contribution in [3.63, 3.8) is 0 Å². The Morgan fingerprint density at radius 3 is 2.94 bits per heavy atom. The van der Waals surface area contributed by atoms with Crippen LogP contribution in [0, 0.1) is 5.82 Å². The van der Waals surface area contributed by atoms with E-state index in [0.29, 0.717) is 13.0 Å². The van der Waals surface area contributed by atoms with Gasteiger partial charge in [-0.2, -0.15) is 0 Å². The highest BCUT2D eigenvalue weighted by Crippen LogP contribution is 2.15. The first-order valence-electron chi connectivity index (χ1n) is 4.85. The number of hydrogen-bond donors (Lipinski definition) is 1. The van der Waals surface area contributed by atoms with E-state index >= 15 is 0 Å². The minimum atomic E-state index is -0.423. The van der Waals surface area contributed by atoms with Crippen LogP contribution in [0.1, 0.15) is 5.56 Å². The van der Waals surface area contributed by atoms with Crippen molar-refractivity contribution in [2.24, 2.45) is 0 Å². The second-order valence-electron chi connectivity index (χ2n) is 3.25. The molecule has 0 radical (unpaired) electrons. The summed E-state index contributed by atoms with van der Waals surface area (Å²) in [6, 6.07) is 4.58. The van der Waals surface area contributed by atoms with Gasteiger partial charge in [0.15, 0.2) is 0 Å². The van der Waals surface area contributed by atoms with Crippen LogP contribution < -0.4 is 5.32 Å². The van der Waals surface area contributed by atoms with E-state index in [0.717, 1.165) is 5.56 Å². The van der Waals surface area contributed by atoms with Gasteiger partial charge in [0, 0.05) is 0 Å². The molecule has 0 aliphatic heterocycles. The van der Waals surface area contributed by atoms with Gasteiger partial charge in [-0.1, -0.05) is 17.7 Å². The summed E-state index contributed by atoms with van der Waals surface area (Å²) >= 11 is 5.63. The van der Waals surface area contributed by atoms with E-state index in [-0.39, 0.29) is 17.5 Å². The Kier molecular flexibility index (Phi) is 5.22. The van der Waals surface area contributed by atoms with E-state index in [1.807, 2.05) is 0 Å². The summed E-state index contributed by atoms with van der Waals surface area (Å²) in [7, 11) is 1.34. The Bertz CT molecular complexity index is 371. The molecule has 1 aromatic carbocycles. The van der Waals surface area contributed by atoms with Crippen LogP contribution in [0.5, 0.6) is 0 Å². The van der Waals surface area contributed by atoms with Crippen LogP contribution in [0.3, 0.4) is 0 Å². The molecular formula is C11H13ClFNO2. The van der Waals surface area contributed by atoms with Gasteiger partial charge in [0.1, 0.15) is 5.82 Å². The minimum Gasteiger partial charge on any atom is -0.468 e. The highest BCUT2D eigenvalue weighted by molar-refractivity contribution is 6.30. The van der Waals surface area contributed by atoms with Crippen molar-refractivity contribution in [3.05, 3.63) is 34.6 Å². The van der Waals surface area contributed by atoms with E-state index < -0.39 is 5.82 Å². The highest BCUT2D eigenvalue weighted by Gasteiger charge is 2.02. The molecule has 0 saturated carbocycles. The molecule has 1 rings (SSSR count). The fourth-order valence-electron chi connectivity index (χ4n) is 1.19. The number of methoxy groups -OCH3 is 1. The largest absolute Gasteiger partial charge is 0.468 e. The van der Waals surface area contributed by atoms with E-state index in [1.54, 1.807) is 12.1 Å². The first-order chi connectivity index (χ1) is 7.63. The summed E-state index contributed by atoms with van der Waals surface area (Å²) in [5.74, 6) is -0.731. The lowest BCUT2D eigenvalue weighted by atomic mass is 10.1. The average Bonchev–Trinajstić information content (AvgIpc) is 2.28. The topological polar surface area (TPSA) is 38.3 Å². The van der Waals surface area contributed by atoms with Crippen LogP contribution in [0.15, 0.2) is 18.2 Å². The molecular weight excluding hydrogens is 233 g/mol. The molecule has 0 unspecified atom stereocenters. The molecule has 16 heavy (non-hydrogen) atoms. The molecule has 0 amide bonds. The number of esters is 1. The smallest absolute Gasteiger partial charge is 0.319 e. The fraction of sp³-hybridized carbons (Fsp3) is 0.364. The second-order valence-corrected chi connectivity index (χ2v) is 3.66. The maximum absolute atomic E-state index is 12.8. The summed E-state index contributed by atoms with van der Waals surface area (Å²) in [6.07, 6.45) is 0.678. The van der Waals surface area contributed by atoms with Crippen molar-refractivity contribution in [2.45, 2.75) is 6.42 Å². The summed E-state index contributed by atoms with van der Waals surface area (Å²) < 4.78 is 17.3. The van der Waals surface area contributed by atoms with Crippen molar-refractivity contribution in [1.82, 2.24) is 5.32 Å². The maximum atomic E-state index is 12.8. The third-order valence-corrected chi connectivity index (χ3v) is 2.36. The quantitative estimate of drug-likeness (QED) is 0.635. The van der Waals surface area contributed by atoms with Gasteiger partial charge in [-0.15, -0.1) is 0 Å². The Balaban J connectivity index is 2.32. The number of carbonyl (C=O) groups excluding carboxylic acids is 1. The molecule has 88 valence electrons. The van der Waals surface area contributed by atoms with Crippen molar-refractivity contribution in [1.29, 1.82) is 0 Å². The third-order valence-electron chi connectivity index (χ3n) is 2.07. The molecule has 5 heteroatoms. The van der Waals surface area contributed by atoms with Gasteiger partial charge in [-0.05, 0) is 30.7 Å². The van der Waals surface area contributed by atoms with Crippen LogP contribution in [0.2, 0.25) is 5.02 Å². The average molecular weight is 246 g/mol. The van der Waals surface area contributed by atoms with E-state index in [4.69, 9.17) is 11.6 Å². The van der Waals surface area contributed by atoms with Gasteiger partial charge < -0.3 is 10.1 Å². The molecule has 1 N–H and O–H groups in total. The highest BCUT2D eigenvalue weighted by atomic mass is 35.5. The van der Waals surface area contributed by atoms with Gasteiger partial charge >= 0.3 is 5.97 Å². The van der Waals surface area contributed by atoms with E-state index in [2.05, 4.69) is 10.1 Å². The predicted molar refractivity (Wildman–Crippen MR) is 60.0 cm³/mol. The monoisotopic (exact) mass is 245 g/mol. The van der Waals surface area contributed by atoms with Crippen LogP contribution in [0.25, 0.3) is 0 Å². The molecule has 0 heterocycles. The van der Waals surface area contributed by atoms with Crippen molar-refractivity contribution in [3.8, 4) is 0 Å². The zero-order valence-corrected chi connectivity index (χ0v) is 9.68. The molecule has 3 nitrogen and oxygen atoms in total. The van der Waals surface area contributed by atoms with E-state index in [9.17, 15) is 9.18 Å². The number of ether oxygens (including phenoxy) is 1. The molecule has 0 bridgehead atoms. The van der Waals surface area contributed by atoms with Crippen LogP contribution in [-0.4, -0.2) is 26.2 Å². The summed E-state index contributed by atoms with van der Waals surface area (Å²) in [5, 5.41) is 3.02. The first-order valence-corrected chi connectivity index (χ1v) is 5.22. The molecule has 0 fully saturated rings. The fourth-order valence-corrected chi connectivity index (χ4v) is 1.39. The molecule has 1 aromatic rings. The van der Waals surface area contributed by atoms with Crippen molar-refractivity contribution in [2.75, 3.05) is 20.2 Å². The molecule has 0 atom stereocenters. The van der Waals surface area contributed by atoms with Gasteiger partial charge in [0.05, 0.1) is 18.7 Å². The van der Waals surface area contributed by atoms with Gasteiger partial charge in [-0.3, -0.25) is 4.79 Å². The Morgan fingerprint density at radius 2 is 2.31 bits per heavy atom. The zero-order valence-electron chi connectivity index (χ0n) is 8.93. The van der Waals surface area contributed by atoms with Gasteiger partial charge in [-0.25, -0.2) is 4.39 Å². The summed E-state index contributed by atoms with van der Waals surface area (Å²) in [6.45, 7) is 0.780. The number of carbonyl (C=O) groups is 1. The normalized spacial score (nSPS) is 10.2. The Hall–Kier alpha value is -1.13. The molecule has 0 aliphatic rings. The lowest BCUT2D eigenvalue weighted by Gasteiger charge is -2.04. The number of benzene rings is 1. The zero-order chi connectivity index (χ0) is 12.0. The van der Waals surface area contributed by atoms with E-state index in [1.165, 1.54) is 13.2 Å². The Labute approximate surface area is 98.5 Å². The third kappa shape index (κ3) is 4.16.